The minimum absolute atomic E-state index is 0.0114. The van der Waals surface area contributed by atoms with Crippen molar-refractivity contribution in [2.75, 3.05) is 30.3 Å². The van der Waals surface area contributed by atoms with Crippen LogP contribution < -0.4 is 20.7 Å². The Kier molecular flexibility index (Phi) is 8.22. The van der Waals surface area contributed by atoms with E-state index in [4.69, 9.17) is 4.74 Å². The Balaban J connectivity index is 1.06. The van der Waals surface area contributed by atoms with Gasteiger partial charge in [-0.15, -0.1) is 13.2 Å². The fraction of sp³-hybridized carbons (Fsp3) is 0.625. The molecule has 4 bridgehead atoms. The number of carbonyl (C=O) groups excluding carboxylic acids is 1. The number of para-hydroxylation sites is 1. The molecule has 2 aromatic rings. The molecule has 13 heteroatoms. The second-order valence-electron chi connectivity index (χ2n) is 14.2. The summed E-state index contributed by atoms with van der Waals surface area (Å²) in [4.78, 5) is 22.9. The van der Waals surface area contributed by atoms with E-state index in [1.807, 2.05) is 20.8 Å². The molecule has 1 aromatic heterocycles. The van der Waals surface area contributed by atoms with E-state index in [-0.39, 0.29) is 35.8 Å². The van der Waals surface area contributed by atoms with E-state index in [2.05, 4.69) is 36.7 Å². The van der Waals surface area contributed by atoms with Gasteiger partial charge in [-0.3, -0.25) is 0 Å². The van der Waals surface area contributed by atoms with E-state index in [1.54, 1.807) is 11.0 Å². The fourth-order valence-electron chi connectivity index (χ4n) is 8.02. The SMILES string of the molecule is CC(C)(C)OC(=O)N1CC(N[C@@H]2[C@@H]3CC4C[C@H]2C[C@@](CNc2nc(NCc5ccccc5OC(F)(F)F)ncc2C#N)(C4)C3)C1. The summed E-state index contributed by atoms with van der Waals surface area (Å²) >= 11 is 0. The second kappa shape index (κ2) is 11.9. The lowest BCUT2D eigenvalue weighted by atomic mass is 9.48. The van der Waals surface area contributed by atoms with Crippen LogP contribution in [0, 0.1) is 34.5 Å². The fourth-order valence-corrected chi connectivity index (χ4v) is 8.02. The first-order chi connectivity index (χ1) is 21.3. The van der Waals surface area contributed by atoms with Gasteiger partial charge >= 0.3 is 12.5 Å². The molecule has 4 aliphatic carbocycles. The van der Waals surface area contributed by atoms with E-state index >= 15 is 0 Å². The van der Waals surface area contributed by atoms with Gasteiger partial charge in [-0.1, -0.05) is 18.2 Å². The second-order valence-corrected chi connectivity index (χ2v) is 14.2. The van der Waals surface area contributed by atoms with Crippen LogP contribution in [-0.2, 0) is 11.3 Å². The first kappa shape index (κ1) is 31.2. The molecule has 5 fully saturated rings. The number of halogens is 3. The van der Waals surface area contributed by atoms with E-state index in [9.17, 15) is 23.2 Å². The average Bonchev–Trinajstić information content (AvgIpc) is 2.92. The van der Waals surface area contributed by atoms with E-state index in [0.29, 0.717) is 60.4 Å². The standard InChI is InChI=1S/C32H40F3N7O3/c1-30(2,3)45-29(43)42-16-24(17-42)40-26-21-8-19-9-22(26)12-31(10-19,11-21)18-39-27-23(13-36)15-38-28(41-27)37-14-20-6-4-5-7-25(20)44-32(33,34)35/h4-7,15,19,21-22,24,26,40H,8-12,14,16-18H2,1-3H3,(H2,37,38,39,41)/t19?,21-,22+,26-,31-. The molecule has 1 aliphatic heterocycles. The Bertz CT molecular complexity index is 1430. The summed E-state index contributed by atoms with van der Waals surface area (Å²) in [6.45, 7) is 7.67. The highest BCUT2D eigenvalue weighted by molar-refractivity contribution is 5.69. The van der Waals surface area contributed by atoms with Crippen molar-refractivity contribution in [1.82, 2.24) is 20.2 Å². The molecule has 5 aliphatic rings. The lowest BCUT2D eigenvalue weighted by molar-refractivity contribution is -0.274. The molecule has 1 aromatic carbocycles. The minimum Gasteiger partial charge on any atom is -0.444 e. The highest BCUT2D eigenvalue weighted by Gasteiger charge is 2.55. The molecule has 3 N–H and O–H groups in total. The Labute approximate surface area is 261 Å². The van der Waals surface area contributed by atoms with Gasteiger partial charge in [-0.05, 0) is 82.1 Å². The Morgan fingerprint density at radius 1 is 1.11 bits per heavy atom. The molecule has 1 unspecified atom stereocenters. The molecule has 7 rings (SSSR count). The molecule has 242 valence electrons. The first-order valence-corrected chi connectivity index (χ1v) is 15.6. The number of alkyl halides is 3. The van der Waals surface area contributed by atoms with Crippen molar-refractivity contribution >= 4 is 17.9 Å². The maximum atomic E-state index is 12.8. The molecule has 1 saturated heterocycles. The van der Waals surface area contributed by atoms with Crippen molar-refractivity contribution in [2.24, 2.45) is 23.2 Å². The van der Waals surface area contributed by atoms with Crippen LogP contribution >= 0.6 is 0 Å². The van der Waals surface area contributed by atoms with Gasteiger partial charge in [0.2, 0.25) is 5.95 Å². The van der Waals surface area contributed by atoms with Gasteiger partial charge in [-0.25, -0.2) is 9.78 Å². The number of nitrogens with zero attached hydrogens (tertiary/aromatic N) is 4. The Hall–Kier alpha value is -3.79. The molecule has 4 saturated carbocycles. The van der Waals surface area contributed by atoms with Gasteiger partial charge in [0.05, 0.1) is 6.20 Å². The van der Waals surface area contributed by atoms with E-state index in [0.717, 1.165) is 19.3 Å². The third kappa shape index (κ3) is 7.21. The first-order valence-electron chi connectivity index (χ1n) is 15.6. The zero-order valence-electron chi connectivity index (χ0n) is 25.8. The molecule has 10 nitrogen and oxygen atoms in total. The molecule has 0 spiro atoms. The average molecular weight is 628 g/mol. The molecular weight excluding hydrogens is 587 g/mol. The molecule has 45 heavy (non-hydrogen) atoms. The van der Waals surface area contributed by atoms with Gasteiger partial charge in [0.1, 0.15) is 28.8 Å². The maximum Gasteiger partial charge on any atom is 0.573 e. The van der Waals surface area contributed by atoms with E-state index < -0.39 is 12.0 Å². The van der Waals surface area contributed by atoms with Crippen LogP contribution in [0.3, 0.4) is 0 Å². The maximum absolute atomic E-state index is 12.8. The van der Waals surface area contributed by atoms with Crippen molar-refractivity contribution in [3.05, 3.63) is 41.6 Å². The number of benzene rings is 1. The quantitative estimate of drug-likeness (QED) is 0.322. The lowest BCUT2D eigenvalue weighted by Gasteiger charge is -2.61. The van der Waals surface area contributed by atoms with Crippen LogP contribution in [0.2, 0.25) is 0 Å². The topological polar surface area (TPSA) is 124 Å². The number of anilines is 2. The summed E-state index contributed by atoms with van der Waals surface area (Å²) < 4.78 is 48.1. The van der Waals surface area contributed by atoms with Crippen LogP contribution in [0.15, 0.2) is 30.5 Å². The van der Waals surface area contributed by atoms with Gasteiger partial charge in [0.25, 0.3) is 0 Å². The monoisotopic (exact) mass is 627 g/mol. The van der Waals surface area contributed by atoms with Crippen LogP contribution in [0.25, 0.3) is 0 Å². The van der Waals surface area contributed by atoms with Crippen LogP contribution in [0.1, 0.15) is 64.0 Å². The molecule has 2 heterocycles. The van der Waals surface area contributed by atoms with Crippen molar-refractivity contribution in [3.63, 3.8) is 0 Å². The van der Waals surface area contributed by atoms with Crippen LogP contribution in [-0.4, -0.2) is 64.6 Å². The zero-order valence-corrected chi connectivity index (χ0v) is 25.8. The van der Waals surface area contributed by atoms with Gasteiger partial charge in [-0.2, -0.15) is 10.2 Å². The summed E-state index contributed by atoms with van der Waals surface area (Å²) in [5.74, 6) is 2.12. The number of hydrogen-bond donors (Lipinski definition) is 3. The smallest absolute Gasteiger partial charge is 0.444 e. The third-order valence-electron chi connectivity index (χ3n) is 9.54. The number of aromatic nitrogens is 2. The lowest BCUT2D eigenvalue weighted by Crippen LogP contribution is -2.67. The molecular formula is C32H40F3N7O3. The van der Waals surface area contributed by atoms with Gasteiger partial charge in [0, 0.05) is 43.8 Å². The minimum atomic E-state index is -4.80. The summed E-state index contributed by atoms with van der Waals surface area (Å²) in [7, 11) is 0. The molecule has 0 radical (unpaired) electrons. The molecule has 1 amide bonds. The van der Waals surface area contributed by atoms with Crippen LogP contribution in [0.5, 0.6) is 5.75 Å². The number of amides is 1. The summed E-state index contributed by atoms with van der Waals surface area (Å²) in [5, 5.41) is 20.0. The normalized spacial score (nSPS) is 27.4. The number of rotatable bonds is 9. The third-order valence-corrected chi connectivity index (χ3v) is 9.54. The van der Waals surface area contributed by atoms with Crippen molar-refractivity contribution in [3.8, 4) is 11.8 Å². The number of likely N-dealkylation sites (tertiary alicyclic amines) is 1. The number of nitriles is 1. The Morgan fingerprint density at radius 3 is 2.49 bits per heavy atom. The summed E-state index contributed by atoms with van der Waals surface area (Å²) in [6, 6.07) is 8.77. The van der Waals surface area contributed by atoms with Gasteiger partial charge < -0.3 is 30.3 Å². The molecule has 5 atom stereocenters. The summed E-state index contributed by atoms with van der Waals surface area (Å²) in [5.41, 5.74) is 0.215. The summed E-state index contributed by atoms with van der Waals surface area (Å²) in [6.07, 6.45) is 2.11. The van der Waals surface area contributed by atoms with Crippen molar-refractivity contribution in [1.29, 1.82) is 5.26 Å². The number of nitrogens with one attached hydrogen (secondary N) is 3. The van der Waals surface area contributed by atoms with Crippen molar-refractivity contribution < 1.29 is 27.4 Å². The van der Waals surface area contributed by atoms with Crippen molar-refractivity contribution in [2.45, 2.75) is 83.5 Å². The number of hydrogen-bond acceptors (Lipinski definition) is 9. The van der Waals surface area contributed by atoms with E-state index in [1.165, 1.54) is 37.2 Å². The largest absolute Gasteiger partial charge is 0.573 e. The number of ether oxygens (including phenoxy) is 2. The highest BCUT2D eigenvalue weighted by Crippen LogP contribution is 2.60. The predicted molar refractivity (Wildman–Crippen MR) is 160 cm³/mol. The van der Waals surface area contributed by atoms with Gasteiger partial charge in [0.15, 0.2) is 0 Å². The number of carbonyl (C=O) groups is 1. The highest BCUT2D eigenvalue weighted by atomic mass is 19.4. The van der Waals surface area contributed by atoms with Crippen LogP contribution in [0.4, 0.5) is 29.7 Å². The zero-order chi connectivity index (χ0) is 32.0. The predicted octanol–water partition coefficient (Wildman–Crippen LogP) is 5.67. The Morgan fingerprint density at radius 2 is 1.82 bits per heavy atom.